The van der Waals surface area contributed by atoms with E-state index >= 15 is 0 Å². The first-order chi connectivity index (χ1) is 9.81. The van der Waals surface area contributed by atoms with Gasteiger partial charge in [0.25, 0.3) is 0 Å². The third-order valence-corrected chi connectivity index (χ3v) is 4.91. The third kappa shape index (κ3) is 3.49. The standard InChI is InChI=1S/C16H18FNO2S/c1-11-6-4-5-7-15(11)21(19,20)18-10-14-8-12(2)16(17)13(3)9-14/h4-9,18H,10H2,1-3H3. The molecule has 0 heterocycles. The molecule has 0 atom stereocenters. The number of benzene rings is 2. The van der Waals surface area contributed by atoms with Crippen molar-refractivity contribution in [1.82, 2.24) is 4.72 Å². The molecule has 0 spiro atoms. The van der Waals surface area contributed by atoms with Gasteiger partial charge in [-0.2, -0.15) is 0 Å². The highest BCUT2D eigenvalue weighted by molar-refractivity contribution is 7.89. The van der Waals surface area contributed by atoms with Gasteiger partial charge in [0.05, 0.1) is 4.90 Å². The summed E-state index contributed by atoms with van der Waals surface area (Å²) in [6.45, 7) is 5.22. The summed E-state index contributed by atoms with van der Waals surface area (Å²) in [6.07, 6.45) is 0. The molecule has 0 radical (unpaired) electrons. The molecule has 2 rings (SSSR count). The van der Waals surface area contributed by atoms with Crippen LogP contribution in [0.5, 0.6) is 0 Å². The Kier molecular flexibility index (Phi) is 4.44. The van der Waals surface area contributed by atoms with Gasteiger partial charge >= 0.3 is 0 Å². The first-order valence-electron chi connectivity index (χ1n) is 6.62. The Bertz CT molecular complexity index is 747. The Morgan fingerprint density at radius 1 is 1.00 bits per heavy atom. The van der Waals surface area contributed by atoms with Crippen LogP contribution in [0.15, 0.2) is 41.3 Å². The zero-order valence-electron chi connectivity index (χ0n) is 12.3. The summed E-state index contributed by atoms with van der Waals surface area (Å²) >= 11 is 0. The van der Waals surface area contributed by atoms with Crippen molar-refractivity contribution in [1.29, 1.82) is 0 Å². The lowest BCUT2D eigenvalue weighted by molar-refractivity contribution is 0.580. The van der Waals surface area contributed by atoms with Crippen LogP contribution in [-0.4, -0.2) is 8.42 Å². The molecular formula is C16H18FNO2S. The second-order valence-electron chi connectivity index (χ2n) is 5.13. The van der Waals surface area contributed by atoms with Crippen molar-refractivity contribution in [3.63, 3.8) is 0 Å². The zero-order chi connectivity index (χ0) is 15.6. The monoisotopic (exact) mass is 307 g/mol. The fourth-order valence-electron chi connectivity index (χ4n) is 2.25. The van der Waals surface area contributed by atoms with Gasteiger partial charge < -0.3 is 0 Å². The fourth-order valence-corrected chi connectivity index (χ4v) is 3.51. The maximum Gasteiger partial charge on any atom is 0.241 e. The zero-order valence-corrected chi connectivity index (χ0v) is 13.1. The molecule has 0 amide bonds. The van der Waals surface area contributed by atoms with Crippen molar-refractivity contribution < 1.29 is 12.8 Å². The highest BCUT2D eigenvalue weighted by Gasteiger charge is 2.16. The number of sulfonamides is 1. The van der Waals surface area contributed by atoms with Crippen molar-refractivity contribution in [3.05, 3.63) is 64.5 Å². The fraction of sp³-hybridized carbons (Fsp3) is 0.250. The number of aryl methyl sites for hydroxylation is 3. The van der Waals surface area contributed by atoms with Crippen LogP contribution >= 0.6 is 0 Å². The van der Waals surface area contributed by atoms with Gasteiger partial charge in [0.15, 0.2) is 0 Å². The summed E-state index contributed by atoms with van der Waals surface area (Å²) in [7, 11) is -3.57. The van der Waals surface area contributed by atoms with E-state index in [0.29, 0.717) is 16.7 Å². The van der Waals surface area contributed by atoms with E-state index in [-0.39, 0.29) is 17.3 Å². The lowest BCUT2D eigenvalue weighted by Gasteiger charge is -2.11. The molecule has 0 aliphatic heterocycles. The number of hydrogen-bond acceptors (Lipinski definition) is 2. The van der Waals surface area contributed by atoms with E-state index in [4.69, 9.17) is 0 Å². The maximum absolute atomic E-state index is 13.6. The molecule has 0 aliphatic carbocycles. The Balaban J connectivity index is 2.22. The largest absolute Gasteiger partial charge is 0.241 e. The maximum atomic E-state index is 13.6. The molecule has 5 heteroatoms. The highest BCUT2D eigenvalue weighted by atomic mass is 32.2. The summed E-state index contributed by atoms with van der Waals surface area (Å²) in [5, 5.41) is 0. The molecule has 3 nitrogen and oxygen atoms in total. The normalized spacial score (nSPS) is 11.6. The molecule has 0 unspecified atom stereocenters. The second-order valence-corrected chi connectivity index (χ2v) is 6.87. The van der Waals surface area contributed by atoms with Gasteiger partial charge in [-0.3, -0.25) is 0 Å². The SMILES string of the molecule is Cc1ccccc1S(=O)(=O)NCc1cc(C)c(F)c(C)c1. The van der Waals surface area contributed by atoms with Gasteiger partial charge in [-0.05, 0) is 49.1 Å². The van der Waals surface area contributed by atoms with Crippen LogP contribution < -0.4 is 4.72 Å². The van der Waals surface area contributed by atoms with Gasteiger partial charge in [0.1, 0.15) is 5.82 Å². The predicted molar refractivity (Wildman–Crippen MR) is 81.1 cm³/mol. The highest BCUT2D eigenvalue weighted by Crippen LogP contribution is 2.17. The van der Waals surface area contributed by atoms with Crippen LogP contribution in [0.1, 0.15) is 22.3 Å². The van der Waals surface area contributed by atoms with Gasteiger partial charge in [0, 0.05) is 6.54 Å². The third-order valence-electron chi connectivity index (χ3n) is 3.35. The molecule has 0 saturated carbocycles. The molecule has 0 saturated heterocycles. The minimum atomic E-state index is -3.57. The van der Waals surface area contributed by atoms with Crippen LogP contribution in [0.2, 0.25) is 0 Å². The minimum Gasteiger partial charge on any atom is -0.207 e. The van der Waals surface area contributed by atoms with Crippen LogP contribution in [-0.2, 0) is 16.6 Å². The molecular weight excluding hydrogens is 289 g/mol. The lowest BCUT2D eigenvalue weighted by Crippen LogP contribution is -2.24. The topological polar surface area (TPSA) is 46.2 Å². The van der Waals surface area contributed by atoms with Crippen molar-refractivity contribution in [2.24, 2.45) is 0 Å². The van der Waals surface area contributed by atoms with Gasteiger partial charge in [-0.15, -0.1) is 0 Å². The molecule has 0 fully saturated rings. The average molecular weight is 307 g/mol. The summed E-state index contributed by atoms with van der Waals surface area (Å²) in [5.41, 5.74) is 2.46. The van der Waals surface area contributed by atoms with Gasteiger partial charge in [-0.1, -0.05) is 30.3 Å². The van der Waals surface area contributed by atoms with Crippen molar-refractivity contribution in [2.45, 2.75) is 32.2 Å². The Morgan fingerprint density at radius 2 is 1.57 bits per heavy atom. The minimum absolute atomic E-state index is 0.138. The smallest absolute Gasteiger partial charge is 0.207 e. The molecule has 2 aromatic carbocycles. The van der Waals surface area contributed by atoms with Crippen LogP contribution in [0.25, 0.3) is 0 Å². The number of rotatable bonds is 4. The van der Waals surface area contributed by atoms with Crippen molar-refractivity contribution in [2.75, 3.05) is 0 Å². The number of halogens is 1. The average Bonchev–Trinajstić information content (AvgIpc) is 2.43. The van der Waals surface area contributed by atoms with Crippen LogP contribution in [0, 0.1) is 26.6 Å². The van der Waals surface area contributed by atoms with E-state index in [2.05, 4.69) is 4.72 Å². The van der Waals surface area contributed by atoms with E-state index in [0.717, 1.165) is 5.56 Å². The Labute approximate surface area is 124 Å². The molecule has 0 aliphatic rings. The van der Waals surface area contributed by atoms with E-state index in [1.54, 1.807) is 57.2 Å². The molecule has 0 aromatic heterocycles. The quantitative estimate of drug-likeness (QED) is 0.942. The first kappa shape index (κ1) is 15.7. The summed E-state index contributed by atoms with van der Waals surface area (Å²) < 4.78 is 40.7. The number of nitrogens with one attached hydrogen (secondary N) is 1. The summed E-state index contributed by atoms with van der Waals surface area (Å²) in [5.74, 6) is -0.250. The summed E-state index contributed by atoms with van der Waals surface area (Å²) in [6, 6.07) is 10.1. The van der Waals surface area contributed by atoms with E-state index < -0.39 is 10.0 Å². The molecule has 112 valence electrons. The van der Waals surface area contributed by atoms with E-state index in [1.165, 1.54) is 0 Å². The molecule has 1 N–H and O–H groups in total. The van der Waals surface area contributed by atoms with Gasteiger partial charge in [0.2, 0.25) is 10.0 Å². The van der Waals surface area contributed by atoms with Crippen molar-refractivity contribution in [3.8, 4) is 0 Å². The lowest BCUT2D eigenvalue weighted by atomic mass is 10.1. The molecule has 2 aromatic rings. The van der Waals surface area contributed by atoms with E-state index in [9.17, 15) is 12.8 Å². The van der Waals surface area contributed by atoms with Crippen LogP contribution in [0.3, 0.4) is 0 Å². The van der Waals surface area contributed by atoms with Crippen molar-refractivity contribution >= 4 is 10.0 Å². The molecule has 0 bridgehead atoms. The molecule has 21 heavy (non-hydrogen) atoms. The van der Waals surface area contributed by atoms with E-state index in [1.807, 2.05) is 0 Å². The predicted octanol–water partition coefficient (Wildman–Crippen LogP) is 3.23. The second kappa shape index (κ2) is 5.95. The number of hydrogen-bond donors (Lipinski definition) is 1. The Hall–Kier alpha value is -1.72. The first-order valence-corrected chi connectivity index (χ1v) is 8.10. The van der Waals surface area contributed by atoms with Crippen LogP contribution in [0.4, 0.5) is 4.39 Å². The summed E-state index contributed by atoms with van der Waals surface area (Å²) in [4.78, 5) is 0.264. The Morgan fingerprint density at radius 3 is 2.14 bits per heavy atom. The van der Waals surface area contributed by atoms with Gasteiger partial charge in [-0.25, -0.2) is 17.5 Å².